The molecule has 1 unspecified atom stereocenters. The third-order valence-electron chi connectivity index (χ3n) is 3.42. The smallest absolute Gasteiger partial charge is 0.345 e. The highest BCUT2D eigenvalue weighted by Gasteiger charge is 2.20. The monoisotopic (exact) mass is 268 g/mol. The van der Waals surface area contributed by atoms with Crippen LogP contribution in [0.1, 0.15) is 27.9 Å². The van der Waals surface area contributed by atoms with Gasteiger partial charge in [-0.15, -0.1) is 11.3 Å². The highest BCUT2D eigenvalue weighted by Crippen LogP contribution is 2.17. The van der Waals surface area contributed by atoms with Gasteiger partial charge in [0.1, 0.15) is 4.88 Å². The van der Waals surface area contributed by atoms with E-state index in [2.05, 4.69) is 17.1 Å². The number of hydrogen-bond acceptors (Lipinski definition) is 4. The summed E-state index contributed by atoms with van der Waals surface area (Å²) in [7, 11) is 0. The Morgan fingerprint density at radius 3 is 3.06 bits per heavy atom. The van der Waals surface area contributed by atoms with E-state index in [9.17, 15) is 4.79 Å². The summed E-state index contributed by atoms with van der Waals surface area (Å²) in [5.74, 6) is -0.0931. The lowest BCUT2D eigenvalue weighted by Gasteiger charge is -2.13. The van der Waals surface area contributed by atoms with E-state index in [0.717, 1.165) is 30.4 Å². The number of carboxylic acid groups (broad SMARTS) is 1. The van der Waals surface area contributed by atoms with Gasteiger partial charge < -0.3 is 15.3 Å². The van der Waals surface area contributed by atoms with Gasteiger partial charge in [-0.1, -0.05) is 6.92 Å². The van der Waals surface area contributed by atoms with Crippen LogP contribution < -0.4 is 5.32 Å². The lowest BCUT2D eigenvalue weighted by molar-refractivity contribution is 0.0702. The molecule has 2 N–H and O–H groups in total. The lowest BCUT2D eigenvalue weighted by Crippen LogP contribution is -2.25. The molecular weight excluding hydrogens is 248 g/mol. The van der Waals surface area contributed by atoms with Gasteiger partial charge in [0.2, 0.25) is 0 Å². The van der Waals surface area contributed by atoms with Crippen LogP contribution in [0.25, 0.3) is 0 Å². The van der Waals surface area contributed by atoms with Gasteiger partial charge in [0.15, 0.2) is 0 Å². The van der Waals surface area contributed by atoms with E-state index in [1.165, 1.54) is 30.8 Å². The van der Waals surface area contributed by atoms with Crippen LogP contribution in [-0.4, -0.2) is 42.2 Å². The number of nitrogens with one attached hydrogen (secondary N) is 1. The summed E-state index contributed by atoms with van der Waals surface area (Å²) in [4.78, 5) is 14.7. The van der Waals surface area contributed by atoms with E-state index in [-0.39, 0.29) is 0 Å². The van der Waals surface area contributed by atoms with Crippen molar-refractivity contribution in [2.75, 3.05) is 26.2 Å². The highest BCUT2D eigenvalue weighted by molar-refractivity contribution is 7.13. The maximum atomic E-state index is 10.8. The Morgan fingerprint density at radius 2 is 2.44 bits per heavy atom. The summed E-state index contributed by atoms with van der Waals surface area (Å²) >= 11 is 1.36. The molecule has 2 rings (SSSR count). The van der Waals surface area contributed by atoms with Gasteiger partial charge in [0.25, 0.3) is 0 Å². The zero-order valence-electron chi connectivity index (χ0n) is 10.7. The maximum Gasteiger partial charge on any atom is 0.345 e. The van der Waals surface area contributed by atoms with Crippen molar-refractivity contribution in [2.45, 2.75) is 19.9 Å². The van der Waals surface area contributed by atoms with Crippen molar-refractivity contribution in [1.82, 2.24) is 10.2 Å². The van der Waals surface area contributed by atoms with E-state index in [4.69, 9.17) is 5.11 Å². The molecule has 1 aromatic heterocycles. The molecule has 0 spiro atoms. The molecule has 5 heteroatoms. The van der Waals surface area contributed by atoms with Gasteiger partial charge in [-0.25, -0.2) is 4.79 Å². The maximum absolute atomic E-state index is 10.8. The first kappa shape index (κ1) is 13.5. The average molecular weight is 268 g/mol. The first-order valence-electron chi connectivity index (χ1n) is 6.44. The summed E-state index contributed by atoms with van der Waals surface area (Å²) in [5, 5.41) is 12.3. The first-order chi connectivity index (χ1) is 8.69. The Kier molecular flexibility index (Phi) is 4.74. The number of likely N-dealkylation sites (tertiary alicyclic amines) is 1. The zero-order valence-corrected chi connectivity index (χ0v) is 11.5. The van der Waals surface area contributed by atoms with Gasteiger partial charge in [-0.05, 0) is 44.1 Å². The quantitative estimate of drug-likeness (QED) is 0.827. The molecule has 1 aromatic rings. The van der Waals surface area contributed by atoms with Gasteiger partial charge in [0, 0.05) is 18.0 Å². The molecule has 0 amide bonds. The molecule has 1 aliphatic rings. The van der Waals surface area contributed by atoms with Gasteiger partial charge in [-0.3, -0.25) is 0 Å². The van der Waals surface area contributed by atoms with Crippen LogP contribution in [0.2, 0.25) is 0 Å². The molecule has 2 heterocycles. The Labute approximate surface area is 112 Å². The first-order valence-corrected chi connectivity index (χ1v) is 7.25. The second-order valence-corrected chi connectivity index (χ2v) is 5.92. The van der Waals surface area contributed by atoms with Gasteiger partial charge in [-0.2, -0.15) is 0 Å². The molecule has 0 aromatic carbocycles. The third kappa shape index (κ3) is 3.54. The number of carboxylic acids is 1. The van der Waals surface area contributed by atoms with Crippen molar-refractivity contribution in [2.24, 2.45) is 5.92 Å². The largest absolute Gasteiger partial charge is 0.477 e. The second-order valence-electron chi connectivity index (χ2n) is 4.75. The van der Waals surface area contributed by atoms with Crippen LogP contribution >= 0.6 is 11.3 Å². The van der Waals surface area contributed by atoms with Crippen LogP contribution in [0.15, 0.2) is 12.1 Å². The molecule has 100 valence electrons. The topological polar surface area (TPSA) is 52.6 Å². The fourth-order valence-corrected chi connectivity index (χ4v) is 3.17. The van der Waals surface area contributed by atoms with Crippen LogP contribution in [0.4, 0.5) is 0 Å². The summed E-state index contributed by atoms with van der Waals surface area (Å²) in [6, 6.07) is 3.58. The van der Waals surface area contributed by atoms with Crippen molar-refractivity contribution in [3.8, 4) is 0 Å². The summed E-state index contributed by atoms with van der Waals surface area (Å²) in [6.07, 6.45) is 1.27. The summed E-state index contributed by atoms with van der Waals surface area (Å²) in [5.41, 5.74) is 0. The van der Waals surface area contributed by atoms with Crippen molar-refractivity contribution >= 4 is 17.3 Å². The van der Waals surface area contributed by atoms with E-state index in [1.807, 2.05) is 6.07 Å². The van der Waals surface area contributed by atoms with E-state index in [1.54, 1.807) is 6.07 Å². The number of nitrogens with zero attached hydrogens (tertiary/aromatic N) is 1. The Hall–Kier alpha value is -0.910. The van der Waals surface area contributed by atoms with Crippen molar-refractivity contribution in [3.05, 3.63) is 21.9 Å². The SMILES string of the molecule is CCN1CCC(CNCc2ccc(C(=O)O)s2)C1. The van der Waals surface area contributed by atoms with Crippen LogP contribution in [-0.2, 0) is 6.54 Å². The molecule has 0 saturated carbocycles. The molecule has 1 aliphatic heterocycles. The Morgan fingerprint density at radius 1 is 1.61 bits per heavy atom. The zero-order chi connectivity index (χ0) is 13.0. The average Bonchev–Trinajstić information content (AvgIpc) is 2.97. The Bertz CT molecular complexity index is 405. The van der Waals surface area contributed by atoms with Crippen LogP contribution in [0.3, 0.4) is 0 Å². The van der Waals surface area contributed by atoms with Crippen LogP contribution in [0, 0.1) is 5.92 Å². The number of carbonyl (C=O) groups is 1. The van der Waals surface area contributed by atoms with Crippen LogP contribution in [0.5, 0.6) is 0 Å². The number of thiophene rings is 1. The predicted molar refractivity (Wildman–Crippen MR) is 73.2 cm³/mol. The Balaban J connectivity index is 1.70. The fraction of sp³-hybridized carbons (Fsp3) is 0.615. The number of rotatable bonds is 6. The fourth-order valence-electron chi connectivity index (χ4n) is 2.35. The number of aromatic carboxylic acids is 1. The minimum atomic E-state index is -0.833. The predicted octanol–water partition coefficient (Wildman–Crippen LogP) is 1.88. The van der Waals surface area contributed by atoms with E-state index in [0.29, 0.717) is 4.88 Å². The molecule has 4 nitrogen and oxygen atoms in total. The number of hydrogen-bond donors (Lipinski definition) is 2. The molecular formula is C13H20N2O2S. The summed E-state index contributed by atoms with van der Waals surface area (Å²) < 4.78 is 0. The molecule has 18 heavy (non-hydrogen) atoms. The molecule has 1 saturated heterocycles. The normalized spacial score (nSPS) is 20.4. The van der Waals surface area contributed by atoms with Crippen molar-refractivity contribution in [1.29, 1.82) is 0 Å². The standard InChI is InChI=1S/C13H20N2O2S/c1-2-15-6-5-10(9-15)7-14-8-11-3-4-12(18-11)13(16)17/h3-4,10,14H,2,5-9H2,1H3,(H,16,17). The molecule has 0 aliphatic carbocycles. The van der Waals surface area contributed by atoms with Gasteiger partial charge >= 0.3 is 5.97 Å². The lowest BCUT2D eigenvalue weighted by atomic mass is 10.1. The van der Waals surface area contributed by atoms with Crippen molar-refractivity contribution < 1.29 is 9.90 Å². The van der Waals surface area contributed by atoms with E-state index < -0.39 is 5.97 Å². The summed E-state index contributed by atoms with van der Waals surface area (Å²) in [6.45, 7) is 7.55. The molecule has 1 atom stereocenters. The molecule has 0 radical (unpaired) electrons. The minimum absolute atomic E-state index is 0.421. The van der Waals surface area contributed by atoms with E-state index >= 15 is 0 Å². The molecule has 0 bridgehead atoms. The highest BCUT2D eigenvalue weighted by atomic mass is 32.1. The minimum Gasteiger partial charge on any atom is -0.477 e. The molecule has 1 fully saturated rings. The second kappa shape index (κ2) is 6.31. The van der Waals surface area contributed by atoms with Gasteiger partial charge in [0.05, 0.1) is 0 Å². The van der Waals surface area contributed by atoms with Crippen molar-refractivity contribution in [3.63, 3.8) is 0 Å². The third-order valence-corrected chi connectivity index (χ3v) is 4.50.